The summed E-state index contributed by atoms with van der Waals surface area (Å²) >= 11 is 0. The zero-order valence-corrected chi connectivity index (χ0v) is 10.3. The van der Waals surface area contributed by atoms with E-state index in [1.165, 1.54) is 0 Å². The molecule has 2 rings (SSSR count). The molecule has 0 N–H and O–H groups in total. The van der Waals surface area contributed by atoms with Gasteiger partial charge in [-0.1, -0.05) is 0 Å². The monoisotopic (exact) mass is 272 g/mol. The molecule has 19 heavy (non-hydrogen) atoms. The lowest BCUT2D eigenvalue weighted by Gasteiger charge is -2.09. The third kappa shape index (κ3) is 3.01. The van der Waals surface area contributed by atoms with Gasteiger partial charge in [-0.3, -0.25) is 0 Å². The number of aromatic nitrogens is 4. The minimum absolute atomic E-state index is 0.00561. The van der Waals surface area contributed by atoms with Gasteiger partial charge in [0.1, 0.15) is 12.4 Å². The maximum Gasteiger partial charge on any atom is 0.416 e. The van der Waals surface area contributed by atoms with Crippen molar-refractivity contribution in [2.75, 3.05) is 0 Å². The minimum atomic E-state index is -4.41. The Morgan fingerprint density at radius 1 is 1.32 bits per heavy atom. The van der Waals surface area contributed by atoms with Crippen LogP contribution in [0.1, 0.15) is 17.2 Å². The average molecular weight is 272 g/mol. The molecular formula is C11H11F3N4O. The van der Waals surface area contributed by atoms with E-state index in [0.717, 1.165) is 18.3 Å². The summed E-state index contributed by atoms with van der Waals surface area (Å²) < 4.78 is 44.3. The minimum Gasteiger partial charge on any atom is -0.469 e. The van der Waals surface area contributed by atoms with Gasteiger partial charge in [-0.15, -0.1) is 10.2 Å². The molecule has 0 radical (unpaired) electrons. The van der Waals surface area contributed by atoms with E-state index in [0.29, 0.717) is 11.6 Å². The van der Waals surface area contributed by atoms with Crippen LogP contribution < -0.4 is 4.74 Å². The summed E-state index contributed by atoms with van der Waals surface area (Å²) in [7, 11) is 1.74. The summed E-state index contributed by atoms with van der Waals surface area (Å²) in [5.41, 5.74) is -0.799. The standard InChI is InChI=1S/C11H11F3N4O/c1-7-16-17-9(18(7)2)6-19-10-5-8(3-4-15-10)11(12,13)14/h3-5H,6H2,1-2H3. The fourth-order valence-electron chi connectivity index (χ4n) is 1.38. The fraction of sp³-hybridized carbons (Fsp3) is 0.364. The van der Waals surface area contributed by atoms with Crippen LogP contribution in [0.25, 0.3) is 0 Å². The number of hydrogen-bond donors (Lipinski definition) is 0. The lowest BCUT2D eigenvalue weighted by Crippen LogP contribution is -2.08. The summed E-state index contributed by atoms with van der Waals surface area (Å²) in [5.74, 6) is 1.10. The van der Waals surface area contributed by atoms with Crippen molar-refractivity contribution in [3.05, 3.63) is 35.5 Å². The Hall–Kier alpha value is -2.12. The normalized spacial score (nSPS) is 11.6. The van der Waals surface area contributed by atoms with Gasteiger partial charge in [-0.05, 0) is 13.0 Å². The van der Waals surface area contributed by atoms with Gasteiger partial charge < -0.3 is 9.30 Å². The van der Waals surface area contributed by atoms with Crippen LogP contribution in [0, 0.1) is 6.92 Å². The van der Waals surface area contributed by atoms with Crippen LogP contribution in [0.15, 0.2) is 18.3 Å². The lowest BCUT2D eigenvalue weighted by atomic mass is 10.2. The van der Waals surface area contributed by atoms with E-state index in [9.17, 15) is 13.2 Å². The summed E-state index contributed by atoms with van der Waals surface area (Å²) in [6, 6.07) is 1.74. The van der Waals surface area contributed by atoms with E-state index in [4.69, 9.17) is 4.74 Å². The third-order valence-electron chi connectivity index (χ3n) is 2.59. The summed E-state index contributed by atoms with van der Waals surface area (Å²) in [5, 5.41) is 7.66. The van der Waals surface area contributed by atoms with Gasteiger partial charge in [0.2, 0.25) is 5.88 Å². The highest BCUT2D eigenvalue weighted by Crippen LogP contribution is 2.30. The Labute approximate surface area is 107 Å². The molecular weight excluding hydrogens is 261 g/mol. The molecule has 2 aromatic rings. The number of pyridine rings is 1. The van der Waals surface area contributed by atoms with E-state index in [-0.39, 0.29) is 12.5 Å². The zero-order chi connectivity index (χ0) is 14.0. The number of rotatable bonds is 3. The molecule has 0 unspecified atom stereocenters. The van der Waals surface area contributed by atoms with Gasteiger partial charge in [0, 0.05) is 19.3 Å². The van der Waals surface area contributed by atoms with Gasteiger partial charge in [0.05, 0.1) is 5.56 Å². The highest BCUT2D eigenvalue weighted by atomic mass is 19.4. The predicted octanol–water partition coefficient (Wildman–Crippen LogP) is 2.12. The number of nitrogens with zero attached hydrogens (tertiary/aromatic N) is 4. The highest BCUT2D eigenvalue weighted by Gasteiger charge is 2.30. The van der Waals surface area contributed by atoms with Crippen LogP contribution in [0.2, 0.25) is 0 Å². The largest absolute Gasteiger partial charge is 0.469 e. The first kappa shape index (κ1) is 13.3. The first-order chi connectivity index (χ1) is 8.88. The predicted molar refractivity (Wildman–Crippen MR) is 59.3 cm³/mol. The smallest absolute Gasteiger partial charge is 0.416 e. The molecule has 0 aliphatic carbocycles. The number of aryl methyl sites for hydroxylation is 1. The molecule has 0 amide bonds. The molecule has 0 atom stereocenters. The Kier molecular flexibility index (Phi) is 3.41. The topological polar surface area (TPSA) is 52.8 Å². The second kappa shape index (κ2) is 4.87. The molecule has 8 heteroatoms. The molecule has 0 bridgehead atoms. The van der Waals surface area contributed by atoms with Gasteiger partial charge in [-0.2, -0.15) is 13.2 Å². The van der Waals surface area contributed by atoms with Crippen LogP contribution in [0.4, 0.5) is 13.2 Å². The van der Waals surface area contributed by atoms with Crippen molar-refractivity contribution >= 4 is 0 Å². The van der Waals surface area contributed by atoms with Gasteiger partial charge >= 0.3 is 6.18 Å². The molecule has 5 nitrogen and oxygen atoms in total. The lowest BCUT2D eigenvalue weighted by molar-refractivity contribution is -0.137. The SMILES string of the molecule is Cc1nnc(COc2cc(C(F)(F)F)ccn2)n1C. The molecule has 0 fully saturated rings. The van der Waals surface area contributed by atoms with Crippen molar-refractivity contribution < 1.29 is 17.9 Å². The van der Waals surface area contributed by atoms with Crippen molar-refractivity contribution in [2.45, 2.75) is 19.7 Å². The number of ether oxygens (including phenoxy) is 1. The van der Waals surface area contributed by atoms with Crippen LogP contribution >= 0.6 is 0 Å². The molecule has 2 aromatic heterocycles. The average Bonchev–Trinajstić information content (AvgIpc) is 2.67. The molecule has 102 valence electrons. The highest BCUT2D eigenvalue weighted by molar-refractivity contribution is 5.23. The van der Waals surface area contributed by atoms with E-state index >= 15 is 0 Å². The van der Waals surface area contributed by atoms with Crippen LogP contribution in [-0.4, -0.2) is 19.7 Å². The maximum atomic E-state index is 12.5. The second-order valence-electron chi connectivity index (χ2n) is 3.89. The molecule has 2 heterocycles. The van der Waals surface area contributed by atoms with Crippen molar-refractivity contribution in [2.24, 2.45) is 7.05 Å². The maximum absolute atomic E-state index is 12.5. The quantitative estimate of drug-likeness (QED) is 0.858. The van der Waals surface area contributed by atoms with Crippen molar-refractivity contribution in [3.63, 3.8) is 0 Å². The van der Waals surface area contributed by atoms with E-state index in [2.05, 4.69) is 15.2 Å². The van der Waals surface area contributed by atoms with E-state index in [1.54, 1.807) is 18.5 Å². The van der Waals surface area contributed by atoms with Gasteiger partial charge in [0.25, 0.3) is 0 Å². The van der Waals surface area contributed by atoms with E-state index < -0.39 is 11.7 Å². The van der Waals surface area contributed by atoms with Crippen molar-refractivity contribution in [1.29, 1.82) is 0 Å². The molecule has 0 aliphatic rings. The molecule has 0 saturated carbocycles. The number of alkyl halides is 3. The van der Waals surface area contributed by atoms with Crippen LogP contribution in [0.3, 0.4) is 0 Å². The van der Waals surface area contributed by atoms with Crippen molar-refractivity contribution in [1.82, 2.24) is 19.7 Å². The molecule has 0 aromatic carbocycles. The van der Waals surface area contributed by atoms with Crippen molar-refractivity contribution in [3.8, 4) is 5.88 Å². The second-order valence-corrected chi connectivity index (χ2v) is 3.89. The Balaban J connectivity index is 2.10. The first-order valence-corrected chi connectivity index (χ1v) is 5.39. The van der Waals surface area contributed by atoms with Crippen LogP contribution in [0.5, 0.6) is 5.88 Å². The first-order valence-electron chi connectivity index (χ1n) is 5.39. The van der Waals surface area contributed by atoms with E-state index in [1.807, 2.05) is 0 Å². The molecule has 0 aliphatic heterocycles. The summed E-state index contributed by atoms with van der Waals surface area (Å²) in [4.78, 5) is 3.72. The Bertz CT molecular complexity index is 580. The summed E-state index contributed by atoms with van der Waals surface area (Å²) in [6.45, 7) is 1.77. The molecule has 0 spiro atoms. The summed E-state index contributed by atoms with van der Waals surface area (Å²) in [6.07, 6.45) is -3.36. The third-order valence-corrected chi connectivity index (χ3v) is 2.59. The van der Waals surface area contributed by atoms with Gasteiger partial charge in [-0.25, -0.2) is 4.98 Å². The fourth-order valence-corrected chi connectivity index (χ4v) is 1.38. The number of hydrogen-bond acceptors (Lipinski definition) is 4. The Morgan fingerprint density at radius 2 is 2.05 bits per heavy atom. The number of halogens is 3. The van der Waals surface area contributed by atoms with Gasteiger partial charge in [0.15, 0.2) is 5.82 Å². The van der Waals surface area contributed by atoms with Crippen LogP contribution in [-0.2, 0) is 19.8 Å². The zero-order valence-electron chi connectivity index (χ0n) is 10.3. The Morgan fingerprint density at radius 3 is 2.63 bits per heavy atom. The molecule has 0 saturated heterocycles.